The van der Waals surface area contributed by atoms with Crippen molar-refractivity contribution >= 4 is 29.2 Å². The first kappa shape index (κ1) is 17.4. The summed E-state index contributed by atoms with van der Waals surface area (Å²) in [5.74, 6) is -1.54. The van der Waals surface area contributed by atoms with Gasteiger partial charge in [-0.25, -0.2) is 4.98 Å². The minimum Gasteiger partial charge on any atom is -0.398 e. The highest BCUT2D eigenvalue weighted by atomic mass is 16.2. The fourth-order valence-corrected chi connectivity index (χ4v) is 2.75. The van der Waals surface area contributed by atoms with Gasteiger partial charge in [0.15, 0.2) is 0 Å². The fraction of sp³-hybridized carbons (Fsp3) is 0.222. The molecule has 0 saturated carbocycles. The van der Waals surface area contributed by atoms with Crippen LogP contribution < -0.4 is 16.0 Å². The number of rotatable bonds is 2. The van der Waals surface area contributed by atoms with Gasteiger partial charge in [0, 0.05) is 38.1 Å². The molecule has 0 aliphatic carbocycles. The van der Waals surface area contributed by atoms with Crippen LogP contribution >= 0.6 is 0 Å². The predicted octanol–water partition coefficient (Wildman–Crippen LogP) is 0.269. The molecular formula is C18H19N5O3. The van der Waals surface area contributed by atoms with Gasteiger partial charge in [-0.3, -0.25) is 19.7 Å². The number of carbonyl (C=O) groups excluding carboxylic acids is 3. The Morgan fingerprint density at radius 2 is 1.65 bits per heavy atom. The number of pyridine rings is 1. The first-order valence-electron chi connectivity index (χ1n) is 8.21. The number of nitrogen functional groups attached to an aromatic ring is 1. The van der Waals surface area contributed by atoms with Crippen LogP contribution in [0.15, 0.2) is 48.7 Å². The molecule has 3 amide bonds. The number of aromatic nitrogens is 1. The lowest BCUT2D eigenvalue weighted by atomic mass is 10.1. The third-order valence-electron chi connectivity index (χ3n) is 4.17. The van der Waals surface area contributed by atoms with Gasteiger partial charge in [-0.05, 0) is 24.3 Å². The molecule has 0 unspecified atom stereocenters. The van der Waals surface area contributed by atoms with E-state index in [1.54, 1.807) is 24.4 Å². The number of anilines is 2. The lowest BCUT2D eigenvalue weighted by Gasteiger charge is -2.34. The van der Waals surface area contributed by atoms with Gasteiger partial charge in [-0.15, -0.1) is 0 Å². The minimum absolute atomic E-state index is 0.161. The number of hydrogen-bond donors (Lipinski definition) is 2. The molecule has 3 rings (SSSR count). The highest BCUT2D eigenvalue weighted by Crippen LogP contribution is 2.13. The molecule has 3 N–H and O–H groups in total. The number of nitrogens with zero attached hydrogens (tertiary/aromatic N) is 3. The average Bonchev–Trinajstić information content (AvgIpc) is 2.68. The van der Waals surface area contributed by atoms with Crippen LogP contribution in [0.1, 0.15) is 10.4 Å². The third kappa shape index (κ3) is 3.80. The zero-order chi connectivity index (χ0) is 18.5. The molecule has 8 heteroatoms. The molecule has 0 radical (unpaired) electrons. The first-order chi connectivity index (χ1) is 12.6. The topological polar surface area (TPSA) is 109 Å². The Kier molecular flexibility index (Phi) is 5.12. The molecule has 134 valence electrons. The summed E-state index contributed by atoms with van der Waals surface area (Å²) in [5, 5.41) is 2.10. The van der Waals surface area contributed by atoms with E-state index in [0.29, 0.717) is 26.2 Å². The maximum Gasteiger partial charge on any atom is 0.316 e. The van der Waals surface area contributed by atoms with Crippen LogP contribution in [0.4, 0.5) is 11.5 Å². The zero-order valence-corrected chi connectivity index (χ0v) is 14.1. The smallest absolute Gasteiger partial charge is 0.316 e. The zero-order valence-electron chi connectivity index (χ0n) is 14.1. The molecule has 0 bridgehead atoms. The molecule has 1 aromatic heterocycles. The summed E-state index contributed by atoms with van der Waals surface area (Å²) >= 11 is 0. The Labute approximate surface area is 150 Å². The SMILES string of the molecule is Nc1ccccc1C(=O)NC(=O)C(=O)N1CCN(c2ccccn2)CC1. The van der Waals surface area contributed by atoms with Crippen molar-refractivity contribution in [3.05, 3.63) is 54.2 Å². The summed E-state index contributed by atoms with van der Waals surface area (Å²) in [7, 11) is 0. The van der Waals surface area contributed by atoms with E-state index in [-0.39, 0.29) is 11.3 Å². The van der Waals surface area contributed by atoms with Crippen LogP contribution in [-0.4, -0.2) is 53.8 Å². The number of carbonyl (C=O) groups is 3. The van der Waals surface area contributed by atoms with E-state index < -0.39 is 17.7 Å². The standard InChI is InChI=1S/C18H19N5O3/c19-14-6-2-1-5-13(14)16(24)21-17(25)18(26)23-11-9-22(10-12-23)15-7-3-4-8-20-15/h1-8H,9-12,19H2,(H,21,24,25). The van der Waals surface area contributed by atoms with Crippen LogP contribution in [0.5, 0.6) is 0 Å². The van der Waals surface area contributed by atoms with Crippen molar-refractivity contribution in [1.82, 2.24) is 15.2 Å². The highest BCUT2D eigenvalue weighted by Gasteiger charge is 2.28. The minimum atomic E-state index is -0.954. The van der Waals surface area contributed by atoms with Crippen molar-refractivity contribution in [3.63, 3.8) is 0 Å². The van der Waals surface area contributed by atoms with Crippen LogP contribution in [0.2, 0.25) is 0 Å². The quantitative estimate of drug-likeness (QED) is 0.593. The molecule has 1 aliphatic rings. The lowest BCUT2D eigenvalue weighted by Crippen LogP contribution is -2.53. The second kappa shape index (κ2) is 7.64. The van der Waals surface area contributed by atoms with Gasteiger partial charge < -0.3 is 15.5 Å². The number of nitrogens with two attached hydrogens (primary N) is 1. The van der Waals surface area contributed by atoms with E-state index in [1.807, 2.05) is 23.1 Å². The number of amides is 3. The van der Waals surface area contributed by atoms with E-state index in [2.05, 4.69) is 10.3 Å². The van der Waals surface area contributed by atoms with Crippen LogP contribution in [-0.2, 0) is 9.59 Å². The molecule has 1 aliphatic heterocycles. The normalized spacial score (nSPS) is 14.0. The summed E-state index contributed by atoms with van der Waals surface area (Å²) in [5.41, 5.74) is 6.11. The van der Waals surface area contributed by atoms with Gasteiger partial charge in [0.25, 0.3) is 5.91 Å². The number of nitrogens with one attached hydrogen (secondary N) is 1. The third-order valence-corrected chi connectivity index (χ3v) is 4.17. The molecule has 8 nitrogen and oxygen atoms in total. The molecule has 1 saturated heterocycles. The van der Waals surface area contributed by atoms with E-state index in [1.165, 1.54) is 11.0 Å². The second-order valence-corrected chi connectivity index (χ2v) is 5.84. The van der Waals surface area contributed by atoms with Gasteiger partial charge in [0.2, 0.25) is 0 Å². The van der Waals surface area contributed by atoms with Crippen molar-refractivity contribution in [3.8, 4) is 0 Å². The van der Waals surface area contributed by atoms with Gasteiger partial charge >= 0.3 is 11.8 Å². The predicted molar refractivity (Wildman–Crippen MR) is 96.4 cm³/mol. The largest absolute Gasteiger partial charge is 0.398 e. The molecular weight excluding hydrogens is 334 g/mol. The van der Waals surface area contributed by atoms with Crippen molar-refractivity contribution in [2.24, 2.45) is 0 Å². The summed E-state index contributed by atoms with van der Waals surface area (Å²) in [6.07, 6.45) is 1.71. The van der Waals surface area contributed by atoms with E-state index in [4.69, 9.17) is 5.73 Å². The number of hydrogen-bond acceptors (Lipinski definition) is 6. The Morgan fingerprint density at radius 3 is 2.31 bits per heavy atom. The summed E-state index contributed by atoms with van der Waals surface area (Å²) < 4.78 is 0. The van der Waals surface area contributed by atoms with E-state index in [9.17, 15) is 14.4 Å². The Morgan fingerprint density at radius 1 is 0.962 bits per heavy atom. The number of piperazine rings is 1. The average molecular weight is 353 g/mol. The van der Waals surface area contributed by atoms with Crippen molar-refractivity contribution in [1.29, 1.82) is 0 Å². The maximum absolute atomic E-state index is 12.3. The van der Waals surface area contributed by atoms with Crippen LogP contribution in [0.25, 0.3) is 0 Å². The van der Waals surface area contributed by atoms with Gasteiger partial charge in [0.1, 0.15) is 5.82 Å². The number of para-hydroxylation sites is 1. The molecule has 26 heavy (non-hydrogen) atoms. The lowest BCUT2D eigenvalue weighted by molar-refractivity contribution is -0.145. The first-order valence-corrected chi connectivity index (χ1v) is 8.21. The molecule has 1 aromatic carbocycles. The highest BCUT2D eigenvalue weighted by molar-refractivity contribution is 6.38. The summed E-state index contributed by atoms with van der Waals surface area (Å²) in [6, 6.07) is 12.0. The molecule has 0 atom stereocenters. The Balaban J connectivity index is 1.56. The van der Waals surface area contributed by atoms with Gasteiger partial charge in [0.05, 0.1) is 5.56 Å². The Hall–Kier alpha value is -3.42. The number of benzene rings is 1. The fourth-order valence-electron chi connectivity index (χ4n) is 2.75. The molecule has 1 fully saturated rings. The van der Waals surface area contributed by atoms with Gasteiger partial charge in [-0.2, -0.15) is 0 Å². The molecule has 2 aromatic rings. The summed E-state index contributed by atoms with van der Waals surface area (Å²) in [4.78, 5) is 44.2. The summed E-state index contributed by atoms with van der Waals surface area (Å²) in [6.45, 7) is 1.89. The van der Waals surface area contributed by atoms with Crippen LogP contribution in [0, 0.1) is 0 Å². The molecule has 0 spiro atoms. The van der Waals surface area contributed by atoms with E-state index in [0.717, 1.165) is 5.82 Å². The monoisotopic (exact) mass is 353 g/mol. The van der Waals surface area contributed by atoms with E-state index >= 15 is 0 Å². The number of imide groups is 1. The van der Waals surface area contributed by atoms with Crippen molar-refractivity contribution < 1.29 is 14.4 Å². The van der Waals surface area contributed by atoms with Gasteiger partial charge in [-0.1, -0.05) is 18.2 Å². The van der Waals surface area contributed by atoms with Crippen LogP contribution in [0.3, 0.4) is 0 Å². The van der Waals surface area contributed by atoms with Crippen molar-refractivity contribution in [2.45, 2.75) is 0 Å². The Bertz CT molecular complexity index is 817. The van der Waals surface area contributed by atoms with Crippen molar-refractivity contribution in [2.75, 3.05) is 36.8 Å². The maximum atomic E-state index is 12.3. The molecule has 2 heterocycles. The second-order valence-electron chi connectivity index (χ2n) is 5.84.